The van der Waals surface area contributed by atoms with Gasteiger partial charge in [-0.15, -0.1) is 5.10 Å². The van der Waals surface area contributed by atoms with Crippen molar-refractivity contribution < 1.29 is 30.3 Å². The summed E-state index contributed by atoms with van der Waals surface area (Å²) in [6, 6.07) is 13.1. The van der Waals surface area contributed by atoms with E-state index in [1.807, 2.05) is 43.3 Å². The van der Waals surface area contributed by atoms with Gasteiger partial charge in [0.15, 0.2) is 5.82 Å². The Balaban J connectivity index is 1.60. The Kier molecular flexibility index (Phi) is 6.10. The Hall–Kier alpha value is -2.73. The van der Waals surface area contributed by atoms with Gasteiger partial charge in [0.25, 0.3) is 0 Å². The Morgan fingerprint density at radius 2 is 1.74 bits per heavy atom. The summed E-state index contributed by atoms with van der Waals surface area (Å²) in [4.78, 5) is 0. The fourth-order valence-corrected chi connectivity index (χ4v) is 3.88. The molecule has 31 heavy (non-hydrogen) atoms. The maximum absolute atomic E-state index is 10.9. The summed E-state index contributed by atoms with van der Waals surface area (Å²) in [7, 11) is 0. The predicted molar refractivity (Wildman–Crippen MR) is 109 cm³/mol. The molecule has 4 rings (SSSR count). The molecule has 6 N–H and O–H groups in total. The number of hydrogen-bond donors (Lipinski definition) is 6. The summed E-state index contributed by atoms with van der Waals surface area (Å²) < 4.78 is 5.49. The van der Waals surface area contributed by atoms with E-state index in [-0.39, 0.29) is 0 Å². The number of nitrogens with one attached hydrogen (secondary N) is 1. The average Bonchev–Trinajstić information content (AvgIpc) is 3.32. The minimum absolute atomic E-state index is 0.503. The molecule has 1 aliphatic heterocycles. The molecule has 1 aliphatic rings. The van der Waals surface area contributed by atoms with Crippen LogP contribution < -0.4 is 0 Å². The van der Waals surface area contributed by atoms with Crippen LogP contribution in [0.15, 0.2) is 42.5 Å². The van der Waals surface area contributed by atoms with E-state index in [4.69, 9.17) is 4.74 Å². The van der Waals surface area contributed by atoms with Gasteiger partial charge in [-0.05, 0) is 45.7 Å². The first kappa shape index (κ1) is 21.5. The fraction of sp³-hybridized carbons (Fsp3) is 0.381. The van der Waals surface area contributed by atoms with Crippen LogP contribution in [0.25, 0.3) is 22.5 Å². The van der Waals surface area contributed by atoms with Gasteiger partial charge in [0.05, 0.1) is 6.61 Å². The van der Waals surface area contributed by atoms with Gasteiger partial charge >= 0.3 is 0 Å². The highest BCUT2D eigenvalue weighted by Gasteiger charge is 2.46. The van der Waals surface area contributed by atoms with Crippen LogP contribution >= 0.6 is 0 Å². The first-order valence-electron chi connectivity index (χ1n) is 9.84. The van der Waals surface area contributed by atoms with Gasteiger partial charge in [-0.25, -0.2) is 5.10 Å². The van der Waals surface area contributed by atoms with Gasteiger partial charge in [-0.2, -0.15) is 0 Å². The number of benzene rings is 2. The molecule has 1 aromatic heterocycles. The standard InChI is InChI=1S/C21H24N4O6/c1-10-7-12(11-3-2-4-13(8-11)21-22-24-25-23-21)5-6-14(10)16(27)20-19(30)18(29)17(28)15(9-26)31-20/h2-8,15-20,26-30H,9H2,1H3,(H,22,23,24,25)/t15?,16-,17-,18?,19?,20-/m1/s1. The fourth-order valence-electron chi connectivity index (χ4n) is 3.88. The Labute approximate surface area is 177 Å². The molecule has 3 unspecified atom stereocenters. The summed E-state index contributed by atoms with van der Waals surface area (Å²) >= 11 is 0. The zero-order valence-electron chi connectivity index (χ0n) is 16.7. The van der Waals surface area contributed by atoms with Crippen molar-refractivity contribution in [3.05, 3.63) is 53.6 Å². The summed E-state index contributed by atoms with van der Waals surface area (Å²) in [6.07, 6.45) is -8.09. The summed E-state index contributed by atoms with van der Waals surface area (Å²) in [6.45, 7) is 1.26. The van der Waals surface area contributed by atoms with Crippen molar-refractivity contribution >= 4 is 0 Å². The number of aliphatic hydroxyl groups is 5. The van der Waals surface area contributed by atoms with Crippen LogP contribution in [-0.2, 0) is 4.74 Å². The lowest BCUT2D eigenvalue weighted by Gasteiger charge is -2.42. The van der Waals surface area contributed by atoms with E-state index in [0.717, 1.165) is 22.3 Å². The second-order valence-corrected chi connectivity index (χ2v) is 7.64. The smallest absolute Gasteiger partial charge is 0.179 e. The van der Waals surface area contributed by atoms with Gasteiger partial charge in [0.2, 0.25) is 0 Å². The first-order chi connectivity index (χ1) is 14.9. The molecule has 1 fully saturated rings. The third-order valence-electron chi connectivity index (χ3n) is 5.64. The number of rotatable bonds is 5. The SMILES string of the molecule is Cc1cc(-c2cccc(-c3nnn[nH]3)c2)ccc1[C@@H](O)[C@H]1OC(CO)[C@@H](O)C(O)C1O. The maximum atomic E-state index is 10.9. The lowest BCUT2D eigenvalue weighted by atomic mass is 9.87. The number of tetrazole rings is 1. The van der Waals surface area contributed by atoms with Crippen LogP contribution in [0.5, 0.6) is 0 Å². The van der Waals surface area contributed by atoms with Gasteiger partial charge in [0, 0.05) is 5.56 Å². The van der Waals surface area contributed by atoms with Crippen molar-refractivity contribution in [2.45, 2.75) is 43.5 Å². The third kappa shape index (κ3) is 4.09. The molecule has 0 amide bonds. The van der Waals surface area contributed by atoms with E-state index < -0.39 is 43.2 Å². The van der Waals surface area contributed by atoms with Crippen LogP contribution in [0.2, 0.25) is 0 Å². The highest BCUT2D eigenvalue weighted by Crippen LogP contribution is 2.33. The molecule has 2 aromatic carbocycles. The van der Waals surface area contributed by atoms with Crippen LogP contribution in [0.3, 0.4) is 0 Å². The number of ether oxygens (including phenoxy) is 1. The van der Waals surface area contributed by atoms with Crippen molar-refractivity contribution in [3.8, 4) is 22.5 Å². The second-order valence-electron chi connectivity index (χ2n) is 7.64. The topological polar surface area (TPSA) is 165 Å². The van der Waals surface area contributed by atoms with E-state index in [0.29, 0.717) is 11.4 Å². The molecule has 0 aliphatic carbocycles. The molecule has 0 radical (unpaired) electrons. The largest absolute Gasteiger partial charge is 0.394 e. The number of nitrogens with zero attached hydrogens (tertiary/aromatic N) is 3. The molecule has 3 aromatic rings. The number of hydrogen-bond acceptors (Lipinski definition) is 9. The maximum Gasteiger partial charge on any atom is 0.179 e. The minimum atomic E-state index is -1.54. The zero-order chi connectivity index (χ0) is 22.1. The highest BCUT2D eigenvalue weighted by atomic mass is 16.6. The molecular formula is C21H24N4O6. The van der Waals surface area contributed by atoms with Crippen LogP contribution in [0.1, 0.15) is 17.2 Å². The molecule has 0 saturated carbocycles. The van der Waals surface area contributed by atoms with E-state index in [1.165, 1.54) is 0 Å². The zero-order valence-corrected chi connectivity index (χ0v) is 16.7. The third-order valence-corrected chi connectivity index (χ3v) is 5.64. The van der Waals surface area contributed by atoms with Crippen LogP contribution in [0.4, 0.5) is 0 Å². The van der Waals surface area contributed by atoms with E-state index >= 15 is 0 Å². The van der Waals surface area contributed by atoms with Crippen molar-refractivity contribution in [1.29, 1.82) is 0 Å². The number of aliphatic hydroxyl groups excluding tert-OH is 5. The van der Waals surface area contributed by atoms with Crippen LogP contribution in [-0.4, -0.2) is 83.3 Å². The van der Waals surface area contributed by atoms with Crippen molar-refractivity contribution in [3.63, 3.8) is 0 Å². The monoisotopic (exact) mass is 428 g/mol. The van der Waals surface area contributed by atoms with Gasteiger partial charge in [-0.1, -0.05) is 36.4 Å². The van der Waals surface area contributed by atoms with Crippen molar-refractivity contribution in [2.75, 3.05) is 6.61 Å². The summed E-state index contributed by atoms with van der Waals surface area (Å²) in [5, 5.41) is 64.3. The van der Waals surface area contributed by atoms with E-state index in [9.17, 15) is 25.5 Å². The quantitative estimate of drug-likeness (QED) is 0.320. The number of aromatic amines is 1. The molecule has 0 bridgehead atoms. The van der Waals surface area contributed by atoms with Crippen LogP contribution in [0, 0.1) is 6.92 Å². The number of H-pyrrole nitrogens is 1. The molecule has 164 valence electrons. The summed E-state index contributed by atoms with van der Waals surface area (Å²) in [5.41, 5.74) is 3.89. The Bertz CT molecular complexity index is 1030. The normalized spacial score (nSPS) is 27.2. The predicted octanol–water partition coefficient (Wildman–Crippen LogP) is -0.282. The first-order valence-corrected chi connectivity index (χ1v) is 9.84. The van der Waals surface area contributed by atoms with Crippen molar-refractivity contribution in [2.24, 2.45) is 0 Å². The minimum Gasteiger partial charge on any atom is -0.394 e. The van der Waals surface area contributed by atoms with Gasteiger partial charge in [0.1, 0.15) is 36.6 Å². The molecule has 2 heterocycles. The molecule has 6 atom stereocenters. The van der Waals surface area contributed by atoms with Gasteiger partial charge in [-0.3, -0.25) is 0 Å². The van der Waals surface area contributed by atoms with E-state index in [1.54, 1.807) is 6.07 Å². The Morgan fingerprint density at radius 3 is 2.42 bits per heavy atom. The molecule has 10 nitrogen and oxygen atoms in total. The molecule has 1 saturated heterocycles. The van der Waals surface area contributed by atoms with Crippen molar-refractivity contribution in [1.82, 2.24) is 20.6 Å². The average molecular weight is 428 g/mol. The summed E-state index contributed by atoms with van der Waals surface area (Å²) in [5.74, 6) is 0.549. The lowest BCUT2D eigenvalue weighted by Crippen LogP contribution is -2.59. The molecule has 0 spiro atoms. The number of aryl methyl sites for hydroxylation is 1. The highest BCUT2D eigenvalue weighted by molar-refractivity contribution is 5.70. The second kappa shape index (κ2) is 8.79. The van der Waals surface area contributed by atoms with Gasteiger partial charge < -0.3 is 30.3 Å². The lowest BCUT2D eigenvalue weighted by molar-refractivity contribution is -0.250. The number of aromatic nitrogens is 4. The Morgan fingerprint density at radius 1 is 1.00 bits per heavy atom. The molecular weight excluding hydrogens is 404 g/mol. The molecule has 10 heteroatoms. The van der Waals surface area contributed by atoms with E-state index in [2.05, 4.69) is 20.6 Å².